The topological polar surface area (TPSA) is 142 Å². The van der Waals surface area contributed by atoms with E-state index in [9.17, 15) is 24.6 Å². The predicted octanol–water partition coefficient (Wildman–Crippen LogP) is -0.361. The SMILES string of the molecule is C[C@H](N[C@@H](CCCCN)C(=O)O)C(=O)N1CCCOCCC1C(=O)O. The van der Waals surface area contributed by atoms with Crippen molar-refractivity contribution in [3.8, 4) is 0 Å². The molecular formula is C16H29N3O6. The molecule has 3 atom stereocenters. The quantitative estimate of drug-likeness (QED) is 0.409. The molecule has 0 spiro atoms. The van der Waals surface area contributed by atoms with Gasteiger partial charge in [0.25, 0.3) is 0 Å². The number of unbranched alkanes of at least 4 members (excludes halogenated alkanes) is 1. The van der Waals surface area contributed by atoms with Crippen LogP contribution in [0.3, 0.4) is 0 Å². The van der Waals surface area contributed by atoms with Gasteiger partial charge in [-0.25, -0.2) is 4.79 Å². The van der Waals surface area contributed by atoms with Crippen LogP contribution in [0.25, 0.3) is 0 Å². The van der Waals surface area contributed by atoms with E-state index in [1.54, 1.807) is 6.92 Å². The Morgan fingerprint density at radius 1 is 1.28 bits per heavy atom. The number of carbonyl (C=O) groups is 3. The van der Waals surface area contributed by atoms with E-state index in [0.29, 0.717) is 38.8 Å². The van der Waals surface area contributed by atoms with Gasteiger partial charge in [-0.2, -0.15) is 0 Å². The molecule has 1 heterocycles. The number of nitrogens with two attached hydrogens (primary N) is 1. The number of aliphatic carboxylic acids is 2. The van der Waals surface area contributed by atoms with Crippen molar-refractivity contribution in [2.75, 3.05) is 26.3 Å². The Morgan fingerprint density at radius 3 is 2.60 bits per heavy atom. The largest absolute Gasteiger partial charge is 0.480 e. The van der Waals surface area contributed by atoms with E-state index in [2.05, 4.69) is 5.32 Å². The molecule has 144 valence electrons. The zero-order chi connectivity index (χ0) is 18.8. The first-order chi connectivity index (χ1) is 11.9. The molecule has 1 fully saturated rings. The number of carbonyl (C=O) groups excluding carboxylic acids is 1. The molecule has 1 aliphatic rings. The number of carboxylic acid groups (broad SMARTS) is 2. The molecule has 9 nitrogen and oxygen atoms in total. The average molecular weight is 359 g/mol. The summed E-state index contributed by atoms with van der Waals surface area (Å²) in [6.07, 6.45) is 2.47. The average Bonchev–Trinajstić information content (AvgIpc) is 2.52. The van der Waals surface area contributed by atoms with Gasteiger partial charge in [0, 0.05) is 26.2 Å². The van der Waals surface area contributed by atoms with Gasteiger partial charge in [0.2, 0.25) is 5.91 Å². The maximum atomic E-state index is 12.7. The van der Waals surface area contributed by atoms with Crippen molar-refractivity contribution >= 4 is 17.8 Å². The highest BCUT2D eigenvalue weighted by Crippen LogP contribution is 2.13. The molecule has 0 aromatic rings. The monoisotopic (exact) mass is 359 g/mol. The van der Waals surface area contributed by atoms with Crippen LogP contribution in [-0.2, 0) is 19.1 Å². The van der Waals surface area contributed by atoms with E-state index in [-0.39, 0.29) is 19.6 Å². The number of carboxylic acids is 2. The van der Waals surface area contributed by atoms with Crippen LogP contribution in [0.4, 0.5) is 0 Å². The van der Waals surface area contributed by atoms with E-state index in [1.165, 1.54) is 4.90 Å². The first kappa shape index (κ1) is 21.3. The van der Waals surface area contributed by atoms with Crippen molar-refractivity contribution in [3.63, 3.8) is 0 Å². The normalized spacial score (nSPS) is 21.0. The number of hydrogen-bond donors (Lipinski definition) is 4. The third-order valence-corrected chi connectivity index (χ3v) is 4.23. The molecule has 0 bridgehead atoms. The molecule has 0 saturated carbocycles. The molecule has 1 rings (SSSR count). The van der Waals surface area contributed by atoms with Crippen molar-refractivity contribution < 1.29 is 29.3 Å². The van der Waals surface area contributed by atoms with Gasteiger partial charge in [-0.15, -0.1) is 0 Å². The Kier molecular flexibility index (Phi) is 9.40. The highest BCUT2D eigenvalue weighted by molar-refractivity contribution is 5.87. The van der Waals surface area contributed by atoms with Crippen LogP contribution in [-0.4, -0.2) is 77.4 Å². The summed E-state index contributed by atoms with van der Waals surface area (Å²) >= 11 is 0. The van der Waals surface area contributed by atoms with Gasteiger partial charge < -0.3 is 25.6 Å². The second-order valence-electron chi connectivity index (χ2n) is 6.20. The van der Waals surface area contributed by atoms with Crippen LogP contribution in [0.15, 0.2) is 0 Å². The second kappa shape index (κ2) is 11.0. The van der Waals surface area contributed by atoms with Crippen LogP contribution in [0.1, 0.15) is 39.0 Å². The van der Waals surface area contributed by atoms with Crippen molar-refractivity contribution in [2.24, 2.45) is 5.73 Å². The lowest BCUT2D eigenvalue weighted by Crippen LogP contribution is -2.55. The molecule has 1 amide bonds. The Bertz CT molecular complexity index is 459. The van der Waals surface area contributed by atoms with Crippen LogP contribution < -0.4 is 11.1 Å². The third-order valence-electron chi connectivity index (χ3n) is 4.23. The zero-order valence-electron chi connectivity index (χ0n) is 14.6. The summed E-state index contributed by atoms with van der Waals surface area (Å²) < 4.78 is 5.29. The van der Waals surface area contributed by atoms with Crippen LogP contribution in [0.5, 0.6) is 0 Å². The lowest BCUT2D eigenvalue weighted by molar-refractivity contribution is -0.153. The zero-order valence-corrected chi connectivity index (χ0v) is 14.6. The number of nitrogens with zero attached hydrogens (tertiary/aromatic N) is 1. The fourth-order valence-electron chi connectivity index (χ4n) is 2.86. The molecule has 5 N–H and O–H groups in total. The molecular weight excluding hydrogens is 330 g/mol. The number of amides is 1. The standard InChI is InChI=1S/C16H29N3O6/c1-11(18-12(15(21)22)5-2-3-7-17)14(20)19-8-4-9-25-10-6-13(19)16(23)24/h11-13,18H,2-10,17H2,1H3,(H,21,22)(H,23,24)/t11-,12-,13?/m0/s1. The fourth-order valence-corrected chi connectivity index (χ4v) is 2.86. The minimum absolute atomic E-state index is 0.215. The Balaban J connectivity index is 2.75. The molecule has 0 aromatic heterocycles. The maximum Gasteiger partial charge on any atom is 0.326 e. The third kappa shape index (κ3) is 6.97. The summed E-state index contributed by atoms with van der Waals surface area (Å²) in [6.45, 7) is 3.06. The molecule has 0 radical (unpaired) electrons. The molecule has 1 saturated heterocycles. The molecule has 0 aliphatic carbocycles. The number of rotatable bonds is 9. The van der Waals surface area contributed by atoms with E-state index >= 15 is 0 Å². The van der Waals surface area contributed by atoms with E-state index in [1.807, 2.05) is 0 Å². The van der Waals surface area contributed by atoms with Crippen LogP contribution in [0.2, 0.25) is 0 Å². The summed E-state index contributed by atoms with van der Waals surface area (Å²) in [6, 6.07) is -2.62. The Labute approximate surface area is 147 Å². The Hall–Kier alpha value is -1.71. The van der Waals surface area contributed by atoms with Gasteiger partial charge in [0.05, 0.1) is 6.04 Å². The predicted molar refractivity (Wildman–Crippen MR) is 90.1 cm³/mol. The second-order valence-corrected chi connectivity index (χ2v) is 6.20. The van der Waals surface area contributed by atoms with E-state index < -0.39 is 36.0 Å². The fraction of sp³-hybridized carbons (Fsp3) is 0.812. The van der Waals surface area contributed by atoms with E-state index in [0.717, 1.165) is 0 Å². The number of ether oxygens (including phenoxy) is 1. The lowest BCUT2D eigenvalue weighted by atomic mass is 10.1. The maximum absolute atomic E-state index is 12.7. The summed E-state index contributed by atoms with van der Waals surface area (Å²) in [5.74, 6) is -2.52. The van der Waals surface area contributed by atoms with Gasteiger partial charge >= 0.3 is 11.9 Å². The highest BCUT2D eigenvalue weighted by atomic mass is 16.5. The van der Waals surface area contributed by atoms with Gasteiger partial charge in [-0.3, -0.25) is 14.9 Å². The van der Waals surface area contributed by atoms with E-state index in [4.69, 9.17) is 10.5 Å². The first-order valence-electron chi connectivity index (χ1n) is 8.68. The van der Waals surface area contributed by atoms with Crippen LogP contribution in [0, 0.1) is 0 Å². The van der Waals surface area contributed by atoms with Crippen molar-refractivity contribution in [3.05, 3.63) is 0 Å². The molecule has 1 aliphatic heterocycles. The van der Waals surface area contributed by atoms with Gasteiger partial charge in [-0.1, -0.05) is 6.42 Å². The van der Waals surface area contributed by atoms with Gasteiger partial charge in [0.1, 0.15) is 12.1 Å². The minimum Gasteiger partial charge on any atom is -0.480 e. The smallest absolute Gasteiger partial charge is 0.326 e. The summed E-state index contributed by atoms with van der Waals surface area (Å²) in [4.78, 5) is 36.9. The first-order valence-corrected chi connectivity index (χ1v) is 8.68. The van der Waals surface area contributed by atoms with Crippen molar-refractivity contribution in [1.82, 2.24) is 10.2 Å². The lowest BCUT2D eigenvalue weighted by Gasteiger charge is -2.33. The van der Waals surface area contributed by atoms with Crippen LogP contribution >= 0.6 is 0 Å². The van der Waals surface area contributed by atoms with Gasteiger partial charge in [-0.05, 0) is 32.7 Å². The molecule has 25 heavy (non-hydrogen) atoms. The Morgan fingerprint density at radius 2 is 2.00 bits per heavy atom. The number of hydrogen-bond acceptors (Lipinski definition) is 6. The summed E-state index contributed by atoms with van der Waals surface area (Å²) in [5, 5.41) is 21.5. The summed E-state index contributed by atoms with van der Waals surface area (Å²) in [7, 11) is 0. The van der Waals surface area contributed by atoms with Gasteiger partial charge in [0.15, 0.2) is 0 Å². The molecule has 9 heteroatoms. The molecule has 0 aromatic carbocycles. The highest BCUT2D eigenvalue weighted by Gasteiger charge is 2.34. The number of nitrogens with one attached hydrogen (secondary N) is 1. The van der Waals surface area contributed by atoms with Crippen molar-refractivity contribution in [2.45, 2.75) is 57.2 Å². The minimum atomic E-state index is -1.08. The van der Waals surface area contributed by atoms with Crippen molar-refractivity contribution in [1.29, 1.82) is 0 Å². The molecule has 1 unspecified atom stereocenters. The summed E-state index contributed by atoms with van der Waals surface area (Å²) in [5.41, 5.74) is 5.41.